The summed E-state index contributed by atoms with van der Waals surface area (Å²) >= 11 is 0. The van der Waals surface area contributed by atoms with Crippen LogP contribution in [0.5, 0.6) is 0 Å². The van der Waals surface area contributed by atoms with Crippen LogP contribution in [0, 0.1) is 0 Å². The van der Waals surface area contributed by atoms with Gasteiger partial charge in [-0.3, -0.25) is 4.79 Å². The Hall–Kier alpha value is -0.610. The van der Waals surface area contributed by atoms with E-state index in [1.807, 2.05) is 0 Å². The lowest BCUT2D eigenvalue weighted by molar-refractivity contribution is -0.182. The Morgan fingerprint density at radius 1 is 1.89 bits per heavy atom. The Morgan fingerprint density at radius 2 is 2.44 bits per heavy atom. The maximum Gasteiger partial charge on any atom is 0.310 e. The van der Waals surface area contributed by atoms with Crippen LogP contribution >= 0.6 is 0 Å². The molecule has 52 valence electrons. The van der Waals surface area contributed by atoms with Crippen molar-refractivity contribution in [1.29, 1.82) is 0 Å². The number of hydrogen-bond donors (Lipinski definition) is 2. The van der Waals surface area contributed by atoms with Crippen molar-refractivity contribution in [2.45, 2.75) is 18.6 Å². The van der Waals surface area contributed by atoms with Gasteiger partial charge in [0.25, 0.3) is 0 Å². The molecule has 0 aromatic rings. The number of hydrogen-bond acceptors (Lipinski definition) is 4. The number of carbonyl (C=O) groups excluding carboxylic acids is 1. The Kier molecular flexibility index (Phi) is 1.68. The molecule has 1 rings (SSSR count). The van der Waals surface area contributed by atoms with Crippen LogP contribution in [0.15, 0.2) is 0 Å². The van der Waals surface area contributed by atoms with Crippen molar-refractivity contribution in [1.82, 2.24) is 0 Å². The van der Waals surface area contributed by atoms with E-state index in [1.54, 1.807) is 0 Å². The molecule has 4 heteroatoms. The van der Waals surface area contributed by atoms with Gasteiger partial charge in [0.05, 0.1) is 13.0 Å². The highest BCUT2D eigenvalue weighted by molar-refractivity contribution is 5.75. The summed E-state index contributed by atoms with van der Waals surface area (Å²) in [5.74, 6) is -0.312. The number of ether oxygens (including phenoxy) is 1. The first-order valence-corrected chi connectivity index (χ1v) is 2.72. The molecule has 9 heavy (non-hydrogen) atoms. The lowest BCUT2D eigenvalue weighted by Gasteiger charge is -2.28. The zero-order valence-electron chi connectivity index (χ0n) is 4.78. The second kappa shape index (κ2) is 2.33. The molecule has 0 radical (unpaired) electrons. The van der Waals surface area contributed by atoms with Crippen molar-refractivity contribution in [2.75, 3.05) is 6.61 Å². The lowest BCUT2D eigenvalue weighted by atomic mass is 10.1. The Morgan fingerprint density at radius 3 is 2.78 bits per heavy atom. The van der Waals surface area contributed by atoms with Gasteiger partial charge in [-0.05, 0) is 0 Å². The highest BCUT2D eigenvalue weighted by Crippen LogP contribution is 2.16. The molecule has 2 N–H and O–H groups in total. The number of aliphatic hydroxyl groups excluding tert-OH is 2. The molecule has 2 unspecified atom stereocenters. The summed E-state index contributed by atoms with van der Waals surface area (Å²) in [5, 5.41) is 17.1. The van der Waals surface area contributed by atoms with Gasteiger partial charge in [-0.15, -0.1) is 0 Å². The summed E-state index contributed by atoms with van der Waals surface area (Å²) in [4.78, 5) is 10.1. The molecular weight excluding hydrogens is 124 g/mol. The Bertz CT molecular complexity index is 114. The van der Waals surface area contributed by atoms with E-state index in [4.69, 9.17) is 10.2 Å². The fraction of sp³-hybridized carbons (Fsp3) is 0.800. The maximum atomic E-state index is 10.1. The summed E-state index contributed by atoms with van der Waals surface area (Å²) in [6.07, 6.45) is -1.15. The number of carbonyl (C=O) groups is 1. The standard InChI is InChI=1S/C5H8O4/c6-2-3(7)4-1-5(8)9-4/h3-4,6-7H,1-2H2. The van der Waals surface area contributed by atoms with E-state index < -0.39 is 12.2 Å². The van der Waals surface area contributed by atoms with E-state index in [0.717, 1.165) is 0 Å². The molecular formula is C5H8O4. The number of cyclic esters (lactones) is 1. The molecule has 1 fully saturated rings. The molecule has 1 saturated heterocycles. The minimum Gasteiger partial charge on any atom is -0.459 e. The van der Waals surface area contributed by atoms with E-state index in [-0.39, 0.29) is 19.0 Å². The molecule has 1 heterocycles. The largest absolute Gasteiger partial charge is 0.459 e. The van der Waals surface area contributed by atoms with Crippen LogP contribution in [0.1, 0.15) is 6.42 Å². The van der Waals surface area contributed by atoms with E-state index in [0.29, 0.717) is 0 Å². The molecule has 0 aromatic carbocycles. The average molecular weight is 132 g/mol. The van der Waals surface area contributed by atoms with Crippen LogP contribution < -0.4 is 0 Å². The molecule has 0 spiro atoms. The summed E-state index contributed by atoms with van der Waals surface area (Å²) in [7, 11) is 0. The monoisotopic (exact) mass is 132 g/mol. The topological polar surface area (TPSA) is 66.8 Å². The first-order valence-electron chi connectivity index (χ1n) is 2.72. The normalized spacial score (nSPS) is 28.7. The van der Waals surface area contributed by atoms with Crippen LogP contribution in [0.4, 0.5) is 0 Å². The zero-order valence-corrected chi connectivity index (χ0v) is 4.78. The SMILES string of the molecule is O=C1CC(C(O)CO)O1. The highest BCUT2D eigenvalue weighted by Gasteiger charge is 2.34. The first-order chi connectivity index (χ1) is 4.24. The van der Waals surface area contributed by atoms with Crippen LogP contribution in [-0.2, 0) is 9.53 Å². The van der Waals surface area contributed by atoms with Crippen molar-refractivity contribution in [2.24, 2.45) is 0 Å². The minimum atomic E-state index is -0.900. The zero-order chi connectivity index (χ0) is 6.85. The van der Waals surface area contributed by atoms with Gasteiger partial charge in [0.2, 0.25) is 0 Å². The van der Waals surface area contributed by atoms with Crippen molar-refractivity contribution >= 4 is 5.97 Å². The molecule has 0 aromatic heterocycles. The van der Waals surface area contributed by atoms with Crippen molar-refractivity contribution in [3.63, 3.8) is 0 Å². The van der Waals surface area contributed by atoms with Crippen LogP contribution in [0.3, 0.4) is 0 Å². The molecule has 0 bridgehead atoms. The summed E-state index contributed by atoms with van der Waals surface area (Å²) in [6, 6.07) is 0. The maximum absolute atomic E-state index is 10.1. The highest BCUT2D eigenvalue weighted by atomic mass is 16.6. The Labute approximate surface area is 52.1 Å². The number of rotatable bonds is 2. The van der Waals surface area contributed by atoms with Gasteiger partial charge in [-0.2, -0.15) is 0 Å². The van der Waals surface area contributed by atoms with Gasteiger partial charge < -0.3 is 14.9 Å². The van der Waals surface area contributed by atoms with Crippen molar-refractivity contribution in [3.8, 4) is 0 Å². The van der Waals surface area contributed by atoms with Crippen LogP contribution in [0.2, 0.25) is 0 Å². The predicted molar refractivity (Wildman–Crippen MR) is 27.6 cm³/mol. The fourth-order valence-electron chi connectivity index (χ4n) is 0.656. The quantitative estimate of drug-likeness (QED) is 0.456. The van der Waals surface area contributed by atoms with Gasteiger partial charge in [0.15, 0.2) is 0 Å². The minimum absolute atomic E-state index is 0.224. The van der Waals surface area contributed by atoms with Gasteiger partial charge in [0, 0.05) is 0 Å². The Balaban J connectivity index is 2.23. The number of aliphatic hydroxyl groups is 2. The van der Waals surface area contributed by atoms with Gasteiger partial charge >= 0.3 is 5.97 Å². The molecule has 0 aliphatic carbocycles. The third-order valence-corrected chi connectivity index (χ3v) is 1.27. The summed E-state index contributed by atoms with van der Waals surface area (Å²) in [5.41, 5.74) is 0. The van der Waals surface area contributed by atoms with Crippen molar-refractivity contribution in [3.05, 3.63) is 0 Å². The molecule has 1 aliphatic rings. The average Bonchev–Trinajstić information content (AvgIpc) is 1.79. The van der Waals surface area contributed by atoms with Crippen LogP contribution in [0.25, 0.3) is 0 Å². The molecule has 4 nitrogen and oxygen atoms in total. The van der Waals surface area contributed by atoms with Gasteiger partial charge in [0.1, 0.15) is 12.2 Å². The fourth-order valence-corrected chi connectivity index (χ4v) is 0.656. The molecule has 0 amide bonds. The summed E-state index contributed by atoms with van der Waals surface area (Å²) < 4.78 is 4.44. The van der Waals surface area contributed by atoms with Gasteiger partial charge in [-0.1, -0.05) is 0 Å². The lowest BCUT2D eigenvalue weighted by Crippen LogP contribution is -2.43. The summed E-state index contributed by atoms with van der Waals surface area (Å²) in [6.45, 7) is -0.349. The third kappa shape index (κ3) is 1.20. The van der Waals surface area contributed by atoms with E-state index in [9.17, 15) is 4.79 Å². The first kappa shape index (κ1) is 6.51. The number of esters is 1. The second-order valence-electron chi connectivity index (χ2n) is 1.98. The molecule has 2 atom stereocenters. The second-order valence-corrected chi connectivity index (χ2v) is 1.98. The van der Waals surface area contributed by atoms with Crippen molar-refractivity contribution < 1.29 is 19.7 Å². The van der Waals surface area contributed by atoms with E-state index in [2.05, 4.69) is 4.74 Å². The van der Waals surface area contributed by atoms with Crippen LogP contribution in [-0.4, -0.2) is 35.0 Å². The van der Waals surface area contributed by atoms with E-state index >= 15 is 0 Å². The van der Waals surface area contributed by atoms with Gasteiger partial charge in [-0.25, -0.2) is 0 Å². The smallest absolute Gasteiger partial charge is 0.310 e. The predicted octanol–water partition coefficient (Wildman–Crippen LogP) is -1.34. The molecule has 1 aliphatic heterocycles. The molecule has 0 saturated carbocycles. The van der Waals surface area contributed by atoms with E-state index in [1.165, 1.54) is 0 Å². The third-order valence-electron chi connectivity index (χ3n) is 1.27.